The fourth-order valence-electron chi connectivity index (χ4n) is 2.21. The van der Waals surface area contributed by atoms with E-state index >= 15 is 0 Å². The van der Waals surface area contributed by atoms with Gasteiger partial charge in [-0.3, -0.25) is 4.79 Å². The molecule has 2 aromatic rings. The fourth-order valence-corrected chi connectivity index (χ4v) is 3.13. The van der Waals surface area contributed by atoms with E-state index in [4.69, 9.17) is 0 Å². The van der Waals surface area contributed by atoms with Gasteiger partial charge < -0.3 is 10.2 Å². The van der Waals surface area contributed by atoms with Crippen molar-refractivity contribution in [3.8, 4) is 0 Å². The summed E-state index contributed by atoms with van der Waals surface area (Å²) >= 11 is 1.40. The number of hydrogen-bond acceptors (Lipinski definition) is 5. The third-order valence-corrected chi connectivity index (χ3v) is 4.52. The summed E-state index contributed by atoms with van der Waals surface area (Å²) in [5, 5.41) is 4.94. The van der Waals surface area contributed by atoms with Gasteiger partial charge in [0.05, 0.1) is 10.8 Å². The molecular formula is C16H20N4OS. The number of nitrogens with one attached hydrogen (secondary N) is 1. The van der Waals surface area contributed by atoms with Gasteiger partial charge in [-0.25, -0.2) is 9.97 Å². The standard InChI is InChI=1S/C16H20N4OS/c1-10(15(21)20(2)3)22-16-18-13-7-5-4-6-12(13)14(19-16)17-11-8-9-11/h4-7,10-11H,8-9H2,1-3H3,(H,17,18,19)/t10-/m1/s1. The lowest BCUT2D eigenvalue weighted by Crippen LogP contribution is -2.29. The van der Waals surface area contributed by atoms with Crippen molar-refractivity contribution >= 4 is 34.4 Å². The molecule has 6 heteroatoms. The molecule has 1 aliphatic rings. The Hall–Kier alpha value is -1.82. The van der Waals surface area contributed by atoms with Crippen LogP contribution in [0.25, 0.3) is 10.9 Å². The van der Waals surface area contributed by atoms with E-state index in [2.05, 4.69) is 15.3 Å². The first-order valence-corrected chi connectivity index (χ1v) is 8.33. The van der Waals surface area contributed by atoms with Gasteiger partial charge in [-0.05, 0) is 31.9 Å². The second-order valence-electron chi connectivity index (χ2n) is 5.78. The number of para-hydroxylation sites is 1. The van der Waals surface area contributed by atoms with Crippen LogP contribution in [0.3, 0.4) is 0 Å². The van der Waals surface area contributed by atoms with E-state index in [0.717, 1.165) is 16.7 Å². The first kappa shape index (κ1) is 15.1. The van der Waals surface area contributed by atoms with Crippen molar-refractivity contribution in [3.05, 3.63) is 24.3 Å². The molecule has 1 heterocycles. The lowest BCUT2D eigenvalue weighted by molar-refractivity contribution is -0.127. The van der Waals surface area contributed by atoms with Crippen LogP contribution in [0.1, 0.15) is 19.8 Å². The molecule has 0 spiro atoms. The van der Waals surface area contributed by atoms with Gasteiger partial charge in [0.25, 0.3) is 0 Å². The molecule has 1 aromatic heterocycles. The molecule has 3 rings (SSSR count). The summed E-state index contributed by atoms with van der Waals surface area (Å²) in [7, 11) is 3.53. The van der Waals surface area contributed by atoms with Crippen molar-refractivity contribution < 1.29 is 4.79 Å². The summed E-state index contributed by atoms with van der Waals surface area (Å²) in [6, 6.07) is 8.51. The quantitative estimate of drug-likeness (QED) is 0.679. The summed E-state index contributed by atoms with van der Waals surface area (Å²) in [5.74, 6) is 0.943. The maximum atomic E-state index is 12.0. The largest absolute Gasteiger partial charge is 0.367 e. The highest BCUT2D eigenvalue weighted by molar-refractivity contribution is 8.00. The summed E-state index contributed by atoms with van der Waals surface area (Å²) in [6.45, 7) is 1.89. The average Bonchev–Trinajstić information content (AvgIpc) is 3.30. The molecule has 1 amide bonds. The number of hydrogen-bond donors (Lipinski definition) is 1. The predicted molar refractivity (Wildman–Crippen MR) is 90.2 cm³/mol. The summed E-state index contributed by atoms with van der Waals surface area (Å²) < 4.78 is 0. The van der Waals surface area contributed by atoms with Crippen molar-refractivity contribution in [3.63, 3.8) is 0 Å². The Balaban J connectivity index is 1.90. The van der Waals surface area contributed by atoms with Crippen LogP contribution in [0.2, 0.25) is 0 Å². The molecule has 22 heavy (non-hydrogen) atoms. The van der Waals surface area contributed by atoms with Crippen LogP contribution in [0.4, 0.5) is 5.82 Å². The summed E-state index contributed by atoms with van der Waals surface area (Å²) in [6.07, 6.45) is 2.38. The van der Waals surface area contributed by atoms with E-state index in [-0.39, 0.29) is 11.2 Å². The normalized spacial score (nSPS) is 15.6. The van der Waals surface area contributed by atoms with Gasteiger partial charge in [0.15, 0.2) is 5.16 Å². The number of carbonyl (C=O) groups is 1. The first-order chi connectivity index (χ1) is 10.5. The third-order valence-electron chi connectivity index (χ3n) is 3.57. The maximum absolute atomic E-state index is 12.0. The number of nitrogens with zero attached hydrogens (tertiary/aromatic N) is 3. The van der Waals surface area contributed by atoms with Gasteiger partial charge >= 0.3 is 0 Å². The van der Waals surface area contributed by atoms with Crippen molar-refractivity contribution in [2.75, 3.05) is 19.4 Å². The topological polar surface area (TPSA) is 58.1 Å². The molecule has 1 N–H and O–H groups in total. The van der Waals surface area contributed by atoms with Crippen molar-refractivity contribution in [1.29, 1.82) is 0 Å². The lowest BCUT2D eigenvalue weighted by atomic mass is 10.2. The van der Waals surface area contributed by atoms with Gasteiger partial charge in [0.2, 0.25) is 5.91 Å². The number of carbonyl (C=O) groups excluding carboxylic acids is 1. The zero-order valence-corrected chi connectivity index (χ0v) is 13.9. The Morgan fingerprint density at radius 1 is 1.32 bits per heavy atom. The molecule has 1 aliphatic carbocycles. The molecule has 0 saturated heterocycles. The second kappa shape index (κ2) is 6.12. The van der Waals surface area contributed by atoms with E-state index in [0.29, 0.717) is 11.2 Å². The van der Waals surface area contributed by atoms with Crippen LogP contribution in [0.15, 0.2) is 29.4 Å². The summed E-state index contributed by atoms with van der Waals surface area (Å²) in [5.41, 5.74) is 0.910. The fraction of sp³-hybridized carbons (Fsp3) is 0.438. The molecule has 0 bridgehead atoms. The highest BCUT2D eigenvalue weighted by Gasteiger charge is 2.23. The SMILES string of the molecule is C[C@@H](Sc1nc(NC2CC2)c2ccccc2n1)C(=O)N(C)C. The first-order valence-electron chi connectivity index (χ1n) is 7.45. The second-order valence-corrected chi connectivity index (χ2v) is 7.09. The molecule has 116 valence electrons. The number of fused-ring (bicyclic) bond motifs is 1. The van der Waals surface area contributed by atoms with Crippen LogP contribution in [0, 0.1) is 0 Å². The van der Waals surface area contributed by atoms with E-state index in [9.17, 15) is 4.79 Å². The number of aromatic nitrogens is 2. The van der Waals surface area contributed by atoms with Gasteiger partial charge in [-0.1, -0.05) is 23.9 Å². The van der Waals surface area contributed by atoms with Crippen LogP contribution in [-0.4, -0.2) is 46.2 Å². The predicted octanol–water partition coefficient (Wildman–Crippen LogP) is 2.77. The monoisotopic (exact) mass is 316 g/mol. The number of anilines is 1. The number of amides is 1. The lowest BCUT2D eigenvalue weighted by Gasteiger charge is -2.16. The molecule has 0 radical (unpaired) electrons. The minimum Gasteiger partial charge on any atom is -0.367 e. The smallest absolute Gasteiger partial charge is 0.235 e. The number of thioether (sulfide) groups is 1. The highest BCUT2D eigenvalue weighted by atomic mass is 32.2. The minimum absolute atomic E-state index is 0.0680. The Bertz CT molecular complexity index is 700. The minimum atomic E-state index is -0.204. The number of rotatable bonds is 5. The van der Waals surface area contributed by atoms with E-state index < -0.39 is 0 Å². The Labute approximate surface area is 134 Å². The molecule has 1 saturated carbocycles. The zero-order valence-electron chi connectivity index (χ0n) is 13.0. The molecular weight excluding hydrogens is 296 g/mol. The van der Waals surface area contributed by atoms with Gasteiger partial charge in [0, 0.05) is 25.5 Å². The summed E-state index contributed by atoms with van der Waals surface area (Å²) in [4.78, 5) is 22.8. The van der Waals surface area contributed by atoms with Crippen molar-refractivity contribution in [2.45, 2.75) is 36.2 Å². The highest BCUT2D eigenvalue weighted by Crippen LogP contribution is 2.30. The number of benzene rings is 1. The molecule has 0 unspecified atom stereocenters. The molecule has 0 aliphatic heterocycles. The molecule has 1 atom stereocenters. The van der Waals surface area contributed by atoms with Crippen molar-refractivity contribution in [1.82, 2.24) is 14.9 Å². The zero-order chi connectivity index (χ0) is 15.7. The molecule has 1 fully saturated rings. The van der Waals surface area contributed by atoms with E-state index in [1.807, 2.05) is 31.2 Å². The van der Waals surface area contributed by atoms with Crippen LogP contribution in [-0.2, 0) is 4.79 Å². The van der Waals surface area contributed by atoms with E-state index in [1.54, 1.807) is 19.0 Å². The van der Waals surface area contributed by atoms with Gasteiger partial charge in [-0.15, -0.1) is 0 Å². The molecule has 5 nitrogen and oxygen atoms in total. The Morgan fingerprint density at radius 2 is 2.05 bits per heavy atom. The van der Waals surface area contributed by atoms with Crippen molar-refractivity contribution in [2.24, 2.45) is 0 Å². The van der Waals surface area contributed by atoms with Gasteiger partial charge in [-0.2, -0.15) is 0 Å². The van der Waals surface area contributed by atoms with Crippen LogP contribution in [0.5, 0.6) is 0 Å². The Morgan fingerprint density at radius 3 is 2.73 bits per heavy atom. The van der Waals surface area contributed by atoms with E-state index in [1.165, 1.54) is 24.6 Å². The molecule has 1 aromatic carbocycles. The Kier molecular flexibility index (Phi) is 4.20. The van der Waals surface area contributed by atoms with Crippen LogP contribution >= 0.6 is 11.8 Å². The van der Waals surface area contributed by atoms with Crippen LogP contribution < -0.4 is 5.32 Å². The van der Waals surface area contributed by atoms with Gasteiger partial charge in [0.1, 0.15) is 5.82 Å². The maximum Gasteiger partial charge on any atom is 0.235 e. The average molecular weight is 316 g/mol. The third kappa shape index (κ3) is 3.32.